The van der Waals surface area contributed by atoms with Crippen molar-refractivity contribution in [3.63, 3.8) is 0 Å². The van der Waals surface area contributed by atoms with Crippen molar-refractivity contribution in [3.05, 3.63) is 59.9 Å². The molecule has 9 heteroatoms. The van der Waals surface area contributed by atoms with Crippen LogP contribution < -0.4 is 10.2 Å². The van der Waals surface area contributed by atoms with E-state index in [1.807, 2.05) is 4.90 Å². The van der Waals surface area contributed by atoms with Gasteiger partial charge in [0.15, 0.2) is 5.82 Å². The Morgan fingerprint density at radius 2 is 1.93 bits per heavy atom. The molecule has 150 valence electrons. The largest absolute Gasteiger partial charge is 0.477 e. The van der Waals surface area contributed by atoms with E-state index in [0.717, 1.165) is 0 Å². The number of aromatic carboxylic acids is 1. The van der Waals surface area contributed by atoms with Gasteiger partial charge in [-0.1, -0.05) is 12.1 Å². The van der Waals surface area contributed by atoms with E-state index in [-0.39, 0.29) is 17.1 Å². The van der Waals surface area contributed by atoms with Crippen molar-refractivity contribution in [3.8, 4) is 17.3 Å². The average molecular weight is 402 g/mol. The van der Waals surface area contributed by atoms with E-state index in [4.69, 9.17) is 4.74 Å². The normalized spacial score (nSPS) is 13.5. The molecule has 0 saturated carbocycles. The van der Waals surface area contributed by atoms with E-state index in [0.29, 0.717) is 49.1 Å². The zero-order valence-electron chi connectivity index (χ0n) is 15.9. The molecule has 9 nitrogen and oxygen atoms in total. The number of benzene rings is 1. The van der Waals surface area contributed by atoms with Crippen molar-refractivity contribution in [1.29, 1.82) is 5.26 Å². The molecular formula is C21H18N6O3. The van der Waals surface area contributed by atoms with E-state index in [2.05, 4.69) is 26.3 Å². The lowest BCUT2D eigenvalue weighted by atomic mass is 10.0. The number of carboxylic acid groups (broad SMARTS) is 1. The standard InChI is InChI=1S/C21H18N6O3/c22-13-14-2-1-3-15(12-14)18-17(20(28)29)19(24-16-4-6-23-7-5-16)26-21(25-18)27-8-10-30-11-9-27/h1-7,12H,8-11H2,(H,28,29)(H,23,24,25,26). The second-order valence-electron chi connectivity index (χ2n) is 6.55. The minimum Gasteiger partial charge on any atom is -0.477 e. The van der Waals surface area contributed by atoms with Gasteiger partial charge in [-0.25, -0.2) is 9.78 Å². The van der Waals surface area contributed by atoms with E-state index < -0.39 is 5.97 Å². The molecule has 4 rings (SSSR count). The maximum Gasteiger partial charge on any atom is 0.341 e. The van der Waals surface area contributed by atoms with Gasteiger partial charge in [0, 0.05) is 36.7 Å². The number of carbonyl (C=O) groups is 1. The Kier molecular flexibility index (Phi) is 5.50. The van der Waals surface area contributed by atoms with Gasteiger partial charge in [-0.3, -0.25) is 4.98 Å². The second-order valence-corrected chi connectivity index (χ2v) is 6.55. The molecule has 2 N–H and O–H groups in total. The zero-order chi connectivity index (χ0) is 20.9. The summed E-state index contributed by atoms with van der Waals surface area (Å²) in [7, 11) is 0. The molecule has 0 aliphatic carbocycles. The molecule has 1 fully saturated rings. The topological polar surface area (TPSA) is 124 Å². The number of nitrogens with zero attached hydrogens (tertiary/aromatic N) is 5. The average Bonchev–Trinajstić information content (AvgIpc) is 2.79. The van der Waals surface area contributed by atoms with Crippen LogP contribution in [0.15, 0.2) is 48.8 Å². The predicted octanol–water partition coefficient (Wildman–Crippen LogP) is 2.69. The SMILES string of the molecule is N#Cc1cccc(-c2nc(N3CCOCC3)nc(Nc3ccncc3)c2C(=O)O)c1. The van der Waals surface area contributed by atoms with Crippen LogP contribution in [0, 0.1) is 11.3 Å². The van der Waals surface area contributed by atoms with Gasteiger partial charge in [-0.05, 0) is 24.3 Å². The molecule has 1 saturated heterocycles. The van der Waals surface area contributed by atoms with Gasteiger partial charge in [0.2, 0.25) is 5.95 Å². The van der Waals surface area contributed by atoms with Gasteiger partial charge in [-0.15, -0.1) is 0 Å². The number of anilines is 3. The Bertz CT molecular complexity index is 1110. The van der Waals surface area contributed by atoms with Crippen LogP contribution in [0.5, 0.6) is 0 Å². The highest BCUT2D eigenvalue weighted by Gasteiger charge is 2.25. The fourth-order valence-electron chi connectivity index (χ4n) is 3.16. The highest BCUT2D eigenvalue weighted by Crippen LogP contribution is 2.31. The molecule has 0 atom stereocenters. The van der Waals surface area contributed by atoms with Crippen molar-refractivity contribution in [1.82, 2.24) is 15.0 Å². The lowest BCUT2D eigenvalue weighted by molar-refractivity contribution is 0.0698. The van der Waals surface area contributed by atoms with Crippen molar-refractivity contribution >= 4 is 23.4 Å². The molecular weight excluding hydrogens is 384 g/mol. The van der Waals surface area contributed by atoms with Crippen molar-refractivity contribution in [2.45, 2.75) is 0 Å². The number of nitriles is 1. The second kappa shape index (κ2) is 8.55. The fraction of sp³-hybridized carbons (Fsp3) is 0.190. The van der Waals surface area contributed by atoms with Crippen LogP contribution in [0.1, 0.15) is 15.9 Å². The summed E-state index contributed by atoms with van der Waals surface area (Å²) in [6.45, 7) is 2.27. The fourth-order valence-corrected chi connectivity index (χ4v) is 3.16. The van der Waals surface area contributed by atoms with Crippen molar-refractivity contribution < 1.29 is 14.6 Å². The van der Waals surface area contributed by atoms with Gasteiger partial charge in [0.25, 0.3) is 0 Å². The summed E-state index contributed by atoms with van der Waals surface area (Å²) < 4.78 is 5.40. The number of rotatable bonds is 5. The van der Waals surface area contributed by atoms with Gasteiger partial charge in [0.05, 0.1) is 30.5 Å². The maximum atomic E-state index is 12.2. The predicted molar refractivity (Wildman–Crippen MR) is 110 cm³/mol. The third-order valence-corrected chi connectivity index (χ3v) is 4.61. The minimum atomic E-state index is -1.17. The number of hydrogen-bond donors (Lipinski definition) is 2. The Morgan fingerprint density at radius 1 is 1.17 bits per heavy atom. The Hall–Kier alpha value is -4.03. The smallest absolute Gasteiger partial charge is 0.341 e. The number of ether oxygens (including phenoxy) is 1. The summed E-state index contributed by atoms with van der Waals surface area (Å²) in [4.78, 5) is 27.2. The highest BCUT2D eigenvalue weighted by molar-refractivity contribution is 6.01. The van der Waals surface area contributed by atoms with Gasteiger partial charge in [0.1, 0.15) is 5.56 Å². The van der Waals surface area contributed by atoms with Gasteiger partial charge < -0.3 is 20.1 Å². The molecule has 1 aromatic carbocycles. The summed E-state index contributed by atoms with van der Waals surface area (Å²) in [5.74, 6) is -0.600. The first-order chi connectivity index (χ1) is 14.7. The van der Waals surface area contributed by atoms with Crippen molar-refractivity contribution in [2.24, 2.45) is 0 Å². The van der Waals surface area contributed by atoms with Crippen LogP contribution in [0.3, 0.4) is 0 Å². The summed E-state index contributed by atoms with van der Waals surface area (Å²) in [6.07, 6.45) is 3.20. The van der Waals surface area contributed by atoms with Gasteiger partial charge >= 0.3 is 5.97 Å². The number of nitrogens with one attached hydrogen (secondary N) is 1. The molecule has 0 radical (unpaired) electrons. The molecule has 3 heterocycles. The molecule has 2 aromatic heterocycles. The molecule has 30 heavy (non-hydrogen) atoms. The molecule has 0 spiro atoms. The Balaban J connectivity index is 1.90. The summed E-state index contributed by atoms with van der Waals surface area (Å²) in [5.41, 5.74) is 1.77. The first kappa shape index (κ1) is 19.3. The molecule has 0 amide bonds. The zero-order valence-corrected chi connectivity index (χ0v) is 15.9. The van der Waals surface area contributed by atoms with Crippen LogP contribution in [-0.4, -0.2) is 52.3 Å². The Morgan fingerprint density at radius 3 is 2.63 bits per heavy atom. The van der Waals surface area contributed by atoms with E-state index in [1.54, 1.807) is 48.8 Å². The molecule has 0 unspecified atom stereocenters. The summed E-state index contributed by atoms with van der Waals surface area (Å²) in [5, 5.41) is 22.3. The third kappa shape index (κ3) is 4.04. The number of pyridine rings is 1. The van der Waals surface area contributed by atoms with Crippen molar-refractivity contribution in [2.75, 3.05) is 36.5 Å². The summed E-state index contributed by atoms with van der Waals surface area (Å²) >= 11 is 0. The van der Waals surface area contributed by atoms with E-state index in [9.17, 15) is 15.2 Å². The minimum absolute atomic E-state index is 0.0705. The quantitative estimate of drug-likeness (QED) is 0.662. The molecule has 1 aliphatic heterocycles. The number of hydrogen-bond acceptors (Lipinski definition) is 8. The van der Waals surface area contributed by atoms with Gasteiger partial charge in [-0.2, -0.15) is 10.2 Å². The number of morpholine rings is 1. The lowest BCUT2D eigenvalue weighted by Crippen LogP contribution is -2.37. The number of aromatic nitrogens is 3. The molecule has 1 aliphatic rings. The highest BCUT2D eigenvalue weighted by atomic mass is 16.5. The van der Waals surface area contributed by atoms with Crippen LogP contribution in [0.4, 0.5) is 17.5 Å². The van der Waals surface area contributed by atoms with E-state index >= 15 is 0 Å². The molecule has 3 aromatic rings. The first-order valence-corrected chi connectivity index (χ1v) is 9.31. The first-order valence-electron chi connectivity index (χ1n) is 9.31. The maximum absolute atomic E-state index is 12.2. The van der Waals surface area contributed by atoms with Crippen LogP contribution in [0.2, 0.25) is 0 Å². The van der Waals surface area contributed by atoms with Crippen LogP contribution in [-0.2, 0) is 4.74 Å². The van der Waals surface area contributed by atoms with E-state index in [1.165, 1.54) is 0 Å². The van der Waals surface area contributed by atoms with Crippen LogP contribution >= 0.6 is 0 Å². The Labute approximate surface area is 172 Å². The molecule has 0 bridgehead atoms. The number of carboxylic acids is 1. The third-order valence-electron chi connectivity index (χ3n) is 4.61. The monoisotopic (exact) mass is 402 g/mol. The van der Waals surface area contributed by atoms with Crippen LogP contribution in [0.25, 0.3) is 11.3 Å². The lowest BCUT2D eigenvalue weighted by Gasteiger charge is -2.28. The summed E-state index contributed by atoms with van der Waals surface area (Å²) in [6, 6.07) is 12.2.